The van der Waals surface area contributed by atoms with E-state index >= 15 is 0 Å². The second-order valence-electron chi connectivity index (χ2n) is 8.24. The Balaban J connectivity index is 1.55. The van der Waals surface area contributed by atoms with Crippen molar-refractivity contribution in [1.82, 2.24) is 5.32 Å². The predicted octanol–water partition coefficient (Wildman–Crippen LogP) is 3.92. The van der Waals surface area contributed by atoms with E-state index in [1.54, 1.807) is 0 Å². The van der Waals surface area contributed by atoms with Gasteiger partial charge in [0.1, 0.15) is 5.82 Å². The fraction of sp³-hybridized carbons (Fsp3) is 0.667. The average Bonchev–Trinajstić information content (AvgIpc) is 2.75. The number of nitrogens with one attached hydrogen (secondary N) is 1. The van der Waals surface area contributed by atoms with Crippen LogP contribution in [0.25, 0.3) is 0 Å². The molecule has 1 aromatic carbocycles. The molecule has 4 atom stereocenters. The van der Waals surface area contributed by atoms with Crippen LogP contribution in [-0.4, -0.2) is 18.6 Å². The quantitative estimate of drug-likeness (QED) is 0.822. The maximum absolute atomic E-state index is 13.1. The van der Waals surface area contributed by atoms with Crippen LogP contribution in [0.4, 0.5) is 4.39 Å². The summed E-state index contributed by atoms with van der Waals surface area (Å²) in [6.07, 6.45) is 6.21. The van der Waals surface area contributed by atoms with E-state index in [-0.39, 0.29) is 23.7 Å². The van der Waals surface area contributed by atoms with Gasteiger partial charge >= 0.3 is 5.97 Å². The van der Waals surface area contributed by atoms with Crippen molar-refractivity contribution in [1.29, 1.82) is 0 Å². The van der Waals surface area contributed by atoms with E-state index in [0.717, 1.165) is 17.4 Å². The van der Waals surface area contributed by atoms with Crippen molar-refractivity contribution < 1.29 is 13.9 Å². The van der Waals surface area contributed by atoms with Crippen LogP contribution in [0.5, 0.6) is 0 Å². The topological polar surface area (TPSA) is 38.3 Å². The summed E-state index contributed by atoms with van der Waals surface area (Å²) in [4.78, 5) is 12.8. The Bertz CT molecular complexity index is 603. The molecule has 25 heavy (non-hydrogen) atoms. The summed E-state index contributed by atoms with van der Waals surface area (Å²) >= 11 is 0. The largest absolute Gasteiger partial charge is 0.466 e. The monoisotopic (exact) mass is 345 g/mol. The summed E-state index contributed by atoms with van der Waals surface area (Å²) in [7, 11) is 0. The Kier molecular flexibility index (Phi) is 4.81. The molecule has 0 saturated heterocycles. The zero-order chi connectivity index (χ0) is 17.4. The third kappa shape index (κ3) is 3.46. The van der Waals surface area contributed by atoms with Gasteiger partial charge in [-0.2, -0.15) is 0 Å². The molecule has 0 spiro atoms. The molecular formula is C21H28FNO2. The molecule has 0 aromatic heterocycles. The molecule has 5 rings (SSSR count). The molecular weight excluding hydrogens is 317 g/mol. The highest BCUT2D eigenvalue weighted by Gasteiger charge is 2.51. The highest BCUT2D eigenvalue weighted by molar-refractivity contribution is 5.74. The Morgan fingerprint density at radius 2 is 1.72 bits per heavy atom. The molecule has 4 fully saturated rings. The molecule has 4 bridgehead atoms. The maximum Gasteiger partial charge on any atom is 0.310 e. The highest BCUT2D eigenvalue weighted by Crippen LogP contribution is 2.53. The van der Waals surface area contributed by atoms with Gasteiger partial charge in [0.2, 0.25) is 0 Å². The van der Waals surface area contributed by atoms with Crippen LogP contribution in [0, 0.1) is 35.4 Å². The fourth-order valence-electron chi connectivity index (χ4n) is 5.84. The van der Waals surface area contributed by atoms with Crippen LogP contribution >= 0.6 is 0 Å². The van der Waals surface area contributed by atoms with Crippen molar-refractivity contribution in [3.05, 3.63) is 35.6 Å². The number of esters is 1. The zero-order valence-electron chi connectivity index (χ0n) is 14.9. The van der Waals surface area contributed by atoms with Crippen molar-refractivity contribution in [2.75, 3.05) is 6.61 Å². The SMILES string of the molecule is CCOC(=O)C1C2CC3CC(CC(C3)C1NCc1ccc(F)cc1)C2. The van der Waals surface area contributed by atoms with Gasteiger partial charge in [-0.05, 0) is 80.4 Å². The van der Waals surface area contributed by atoms with Gasteiger partial charge in [-0.15, -0.1) is 0 Å². The lowest BCUT2D eigenvalue weighted by Crippen LogP contribution is -2.46. The van der Waals surface area contributed by atoms with E-state index in [4.69, 9.17) is 4.74 Å². The molecule has 1 N–H and O–H groups in total. The van der Waals surface area contributed by atoms with Gasteiger partial charge in [0.15, 0.2) is 0 Å². The van der Waals surface area contributed by atoms with E-state index < -0.39 is 0 Å². The Morgan fingerprint density at radius 1 is 1.08 bits per heavy atom. The van der Waals surface area contributed by atoms with Crippen LogP contribution in [-0.2, 0) is 16.1 Å². The first-order valence-corrected chi connectivity index (χ1v) is 9.78. The number of hydrogen-bond acceptors (Lipinski definition) is 3. The minimum absolute atomic E-state index is 0.0164. The van der Waals surface area contributed by atoms with Gasteiger partial charge < -0.3 is 10.1 Å². The van der Waals surface area contributed by atoms with Crippen LogP contribution in [0.3, 0.4) is 0 Å². The van der Waals surface area contributed by atoms with Gasteiger partial charge in [-0.25, -0.2) is 4.39 Å². The lowest BCUT2D eigenvalue weighted by atomic mass is 9.67. The Hall–Kier alpha value is -1.42. The smallest absolute Gasteiger partial charge is 0.310 e. The van der Waals surface area contributed by atoms with Crippen molar-refractivity contribution >= 4 is 5.97 Å². The molecule has 136 valence electrons. The van der Waals surface area contributed by atoms with E-state index in [1.165, 1.54) is 44.2 Å². The highest BCUT2D eigenvalue weighted by atomic mass is 19.1. The first-order chi connectivity index (χ1) is 12.1. The molecule has 4 aliphatic rings. The first kappa shape index (κ1) is 17.0. The summed E-state index contributed by atoms with van der Waals surface area (Å²) < 4.78 is 18.6. The summed E-state index contributed by atoms with van der Waals surface area (Å²) in [5, 5.41) is 3.68. The molecule has 4 saturated carbocycles. The molecule has 0 radical (unpaired) electrons. The summed E-state index contributed by atoms with van der Waals surface area (Å²) in [5.41, 5.74) is 1.06. The number of halogens is 1. The van der Waals surface area contributed by atoms with Crippen molar-refractivity contribution in [3.8, 4) is 0 Å². The average molecular weight is 345 g/mol. The predicted molar refractivity (Wildman–Crippen MR) is 94.2 cm³/mol. The molecule has 4 aliphatic carbocycles. The second kappa shape index (κ2) is 7.06. The van der Waals surface area contributed by atoms with Crippen LogP contribution in [0.1, 0.15) is 44.6 Å². The number of rotatable bonds is 5. The number of benzene rings is 1. The van der Waals surface area contributed by atoms with E-state index in [2.05, 4.69) is 5.32 Å². The summed E-state index contributed by atoms with van der Waals surface area (Å²) in [6.45, 7) is 3.02. The van der Waals surface area contributed by atoms with Crippen molar-refractivity contribution in [2.45, 2.75) is 51.6 Å². The number of ether oxygens (including phenoxy) is 1. The maximum atomic E-state index is 13.1. The molecule has 0 amide bonds. The Morgan fingerprint density at radius 3 is 2.36 bits per heavy atom. The lowest BCUT2D eigenvalue weighted by molar-refractivity contribution is -0.151. The first-order valence-electron chi connectivity index (χ1n) is 9.78. The molecule has 0 heterocycles. The second-order valence-corrected chi connectivity index (χ2v) is 8.24. The molecule has 3 nitrogen and oxygen atoms in total. The summed E-state index contributed by atoms with van der Waals surface area (Å²) in [5.74, 6) is 2.35. The number of hydrogen-bond donors (Lipinski definition) is 1. The third-order valence-electron chi connectivity index (χ3n) is 6.63. The van der Waals surface area contributed by atoms with Gasteiger partial charge in [0.25, 0.3) is 0 Å². The molecule has 4 unspecified atom stereocenters. The normalized spacial score (nSPS) is 36.2. The zero-order valence-corrected chi connectivity index (χ0v) is 14.9. The van der Waals surface area contributed by atoms with Gasteiger partial charge in [-0.3, -0.25) is 4.79 Å². The van der Waals surface area contributed by atoms with Crippen molar-refractivity contribution in [3.63, 3.8) is 0 Å². The lowest BCUT2D eigenvalue weighted by Gasteiger charge is -2.38. The standard InChI is InChI=1S/C21H28FNO2/c1-2-25-21(24)19-16-8-14-7-15(9-16)11-17(10-14)20(19)23-12-13-3-5-18(22)6-4-13/h3-6,14-17,19-20,23H,2,7-12H2,1H3. The van der Waals surface area contributed by atoms with Gasteiger partial charge in [0, 0.05) is 12.6 Å². The van der Waals surface area contributed by atoms with E-state index in [1.807, 2.05) is 19.1 Å². The molecule has 1 aromatic rings. The van der Waals surface area contributed by atoms with E-state index in [0.29, 0.717) is 25.0 Å². The minimum atomic E-state index is -0.210. The molecule has 0 aliphatic heterocycles. The Labute approximate surface area is 149 Å². The number of fused-ring (bicyclic) bond motifs is 1. The van der Waals surface area contributed by atoms with Crippen LogP contribution < -0.4 is 5.32 Å². The fourth-order valence-corrected chi connectivity index (χ4v) is 5.84. The molecule has 4 heteroatoms. The van der Waals surface area contributed by atoms with Crippen LogP contribution in [0.2, 0.25) is 0 Å². The minimum Gasteiger partial charge on any atom is -0.466 e. The van der Waals surface area contributed by atoms with Crippen molar-refractivity contribution in [2.24, 2.45) is 29.6 Å². The number of carbonyl (C=O) groups is 1. The van der Waals surface area contributed by atoms with Crippen LogP contribution in [0.15, 0.2) is 24.3 Å². The van der Waals surface area contributed by atoms with Gasteiger partial charge in [-0.1, -0.05) is 12.1 Å². The number of carbonyl (C=O) groups excluding carboxylic acids is 1. The summed E-state index contributed by atoms with van der Waals surface area (Å²) in [6, 6.07) is 6.83. The van der Waals surface area contributed by atoms with Gasteiger partial charge in [0.05, 0.1) is 12.5 Å². The van der Waals surface area contributed by atoms with E-state index in [9.17, 15) is 9.18 Å². The third-order valence-corrected chi connectivity index (χ3v) is 6.63.